The number of carbonyl (C=O) groups excluding carboxylic acids is 1. The summed E-state index contributed by atoms with van der Waals surface area (Å²) in [5.74, 6) is -0.153. The third-order valence-corrected chi connectivity index (χ3v) is 6.89. The topological polar surface area (TPSA) is 101 Å². The molecule has 0 aliphatic heterocycles. The standard InChI is InChI=1S/C24H28N4O3S/c1-15(2)13-27(23(30)19-12-17-10-6-7-11-18(17)32-19)20-21(25)28(24(31)26-22(20)29)14-16-8-4-3-5-9-16/h3-5,8-9,12,15H,6-7,10-11,13-14,25H2,1-2H3,(H,26,29,31). The van der Waals surface area contributed by atoms with E-state index in [-0.39, 0.29) is 29.9 Å². The van der Waals surface area contributed by atoms with Crippen molar-refractivity contribution in [3.63, 3.8) is 0 Å². The Bertz CT molecular complexity index is 1220. The molecular formula is C24H28N4O3S. The number of aromatic nitrogens is 2. The molecule has 3 aromatic rings. The van der Waals surface area contributed by atoms with Crippen LogP contribution in [0.15, 0.2) is 46.0 Å². The lowest BCUT2D eigenvalue weighted by Crippen LogP contribution is -2.42. The van der Waals surface area contributed by atoms with Gasteiger partial charge in [-0.1, -0.05) is 44.2 Å². The normalized spacial score (nSPS) is 13.2. The van der Waals surface area contributed by atoms with Gasteiger partial charge in [-0.2, -0.15) is 0 Å². The Kier molecular flexibility index (Phi) is 6.32. The van der Waals surface area contributed by atoms with Crippen molar-refractivity contribution in [2.24, 2.45) is 5.92 Å². The molecule has 0 radical (unpaired) electrons. The van der Waals surface area contributed by atoms with Crippen molar-refractivity contribution in [2.45, 2.75) is 46.1 Å². The quantitative estimate of drug-likeness (QED) is 0.598. The number of nitrogens with zero attached hydrogens (tertiary/aromatic N) is 2. The lowest BCUT2D eigenvalue weighted by atomic mass is 9.99. The molecule has 0 atom stereocenters. The minimum absolute atomic E-state index is 0.00192. The van der Waals surface area contributed by atoms with Crippen LogP contribution in [0.4, 0.5) is 11.5 Å². The molecule has 1 aliphatic carbocycles. The molecule has 0 spiro atoms. The van der Waals surface area contributed by atoms with Crippen LogP contribution in [-0.4, -0.2) is 22.0 Å². The first-order chi connectivity index (χ1) is 15.3. The molecule has 0 fully saturated rings. The summed E-state index contributed by atoms with van der Waals surface area (Å²) in [6, 6.07) is 11.3. The lowest BCUT2D eigenvalue weighted by Gasteiger charge is -2.25. The van der Waals surface area contributed by atoms with Gasteiger partial charge < -0.3 is 5.73 Å². The Labute approximate surface area is 190 Å². The van der Waals surface area contributed by atoms with Gasteiger partial charge in [0, 0.05) is 11.4 Å². The summed E-state index contributed by atoms with van der Waals surface area (Å²) in [5.41, 5.74) is 7.26. The highest BCUT2D eigenvalue weighted by Crippen LogP contribution is 2.31. The van der Waals surface area contributed by atoms with Crippen LogP contribution < -0.4 is 21.9 Å². The fourth-order valence-corrected chi connectivity index (χ4v) is 5.33. The molecule has 0 bridgehead atoms. The van der Waals surface area contributed by atoms with Crippen molar-refractivity contribution in [2.75, 3.05) is 17.2 Å². The molecule has 1 aromatic carbocycles. The Morgan fingerprint density at radius 2 is 1.91 bits per heavy atom. The second-order valence-corrected chi connectivity index (χ2v) is 9.78. The van der Waals surface area contributed by atoms with Crippen LogP contribution in [0, 0.1) is 5.92 Å². The first-order valence-corrected chi connectivity index (χ1v) is 11.8. The van der Waals surface area contributed by atoms with Crippen molar-refractivity contribution in [3.05, 3.63) is 78.1 Å². The number of aromatic amines is 1. The molecule has 0 saturated heterocycles. The molecule has 4 rings (SSSR count). The zero-order valence-electron chi connectivity index (χ0n) is 18.4. The number of hydrogen-bond donors (Lipinski definition) is 2. The second-order valence-electron chi connectivity index (χ2n) is 8.64. The summed E-state index contributed by atoms with van der Waals surface area (Å²) in [6.45, 7) is 4.47. The van der Waals surface area contributed by atoms with Crippen LogP contribution in [-0.2, 0) is 19.4 Å². The van der Waals surface area contributed by atoms with Gasteiger partial charge in [0.05, 0.1) is 11.4 Å². The Morgan fingerprint density at radius 1 is 1.19 bits per heavy atom. The molecule has 1 amide bonds. The molecule has 0 unspecified atom stereocenters. The number of anilines is 2. The van der Waals surface area contributed by atoms with E-state index >= 15 is 0 Å². The number of H-pyrrole nitrogens is 1. The van der Waals surface area contributed by atoms with E-state index < -0.39 is 11.2 Å². The number of carbonyl (C=O) groups is 1. The number of thiophene rings is 1. The molecule has 168 valence electrons. The number of nitrogen functional groups attached to an aromatic ring is 1. The first kappa shape index (κ1) is 22.1. The summed E-state index contributed by atoms with van der Waals surface area (Å²) in [4.78, 5) is 44.7. The van der Waals surface area contributed by atoms with Crippen molar-refractivity contribution in [3.8, 4) is 0 Å². The number of nitrogens with one attached hydrogen (secondary N) is 1. The third-order valence-electron chi connectivity index (χ3n) is 5.67. The molecule has 7 nitrogen and oxygen atoms in total. The number of amides is 1. The maximum Gasteiger partial charge on any atom is 0.330 e. The van der Waals surface area contributed by atoms with Crippen LogP contribution in [0.2, 0.25) is 0 Å². The summed E-state index contributed by atoms with van der Waals surface area (Å²) >= 11 is 1.50. The van der Waals surface area contributed by atoms with Crippen LogP contribution in [0.3, 0.4) is 0 Å². The highest BCUT2D eigenvalue weighted by atomic mass is 32.1. The lowest BCUT2D eigenvalue weighted by molar-refractivity contribution is 0.0987. The Balaban J connectivity index is 1.78. The monoisotopic (exact) mass is 452 g/mol. The zero-order valence-corrected chi connectivity index (χ0v) is 19.2. The fraction of sp³-hybridized carbons (Fsp3) is 0.375. The average molecular weight is 453 g/mol. The van der Waals surface area contributed by atoms with E-state index in [0.29, 0.717) is 11.4 Å². The Morgan fingerprint density at radius 3 is 2.59 bits per heavy atom. The smallest absolute Gasteiger partial charge is 0.330 e. The summed E-state index contributed by atoms with van der Waals surface area (Å²) in [7, 11) is 0. The predicted molar refractivity (Wildman–Crippen MR) is 129 cm³/mol. The van der Waals surface area contributed by atoms with Crippen LogP contribution >= 0.6 is 11.3 Å². The molecule has 8 heteroatoms. The number of fused-ring (bicyclic) bond motifs is 1. The SMILES string of the molecule is CC(C)CN(C(=O)c1cc2c(s1)CCCC2)c1c(N)n(Cc2ccccc2)c(=O)[nH]c1=O. The van der Waals surface area contributed by atoms with Gasteiger partial charge in [0.2, 0.25) is 0 Å². The van der Waals surface area contributed by atoms with Gasteiger partial charge in [-0.25, -0.2) is 4.79 Å². The number of aryl methyl sites for hydroxylation is 2. The molecule has 32 heavy (non-hydrogen) atoms. The van der Waals surface area contributed by atoms with E-state index in [1.807, 2.05) is 50.2 Å². The van der Waals surface area contributed by atoms with Crippen molar-refractivity contribution in [1.29, 1.82) is 0 Å². The van der Waals surface area contributed by atoms with Gasteiger partial charge in [0.1, 0.15) is 5.82 Å². The van der Waals surface area contributed by atoms with Crippen LogP contribution in [0.5, 0.6) is 0 Å². The van der Waals surface area contributed by atoms with Gasteiger partial charge in [-0.3, -0.25) is 24.0 Å². The highest BCUT2D eigenvalue weighted by Gasteiger charge is 2.28. The molecule has 2 aromatic heterocycles. The highest BCUT2D eigenvalue weighted by molar-refractivity contribution is 7.14. The maximum atomic E-state index is 13.6. The Hall–Kier alpha value is -3.13. The molecule has 1 aliphatic rings. The minimum Gasteiger partial charge on any atom is -0.383 e. The van der Waals surface area contributed by atoms with E-state index in [4.69, 9.17) is 5.73 Å². The third kappa shape index (κ3) is 4.41. The van der Waals surface area contributed by atoms with E-state index in [9.17, 15) is 14.4 Å². The van der Waals surface area contributed by atoms with E-state index in [1.165, 1.54) is 31.2 Å². The molecular weight excluding hydrogens is 424 g/mol. The van der Waals surface area contributed by atoms with Crippen LogP contribution in [0.25, 0.3) is 0 Å². The van der Waals surface area contributed by atoms with Gasteiger partial charge >= 0.3 is 5.69 Å². The maximum absolute atomic E-state index is 13.6. The van der Waals surface area contributed by atoms with E-state index in [2.05, 4.69) is 4.98 Å². The van der Waals surface area contributed by atoms with Gasteiger partial charge in [0.15, 0.2) is 5.69 Å². The summed E-state index contributed by atoms with van der Waals surface area (Å²) in [5, 5.41) is 0. The van der Waals surface area contributed by atoms with Crippen molar-refractivity contribution < 1.29 is 4.79 Å². The largest absolute Gasteiger partial charge is 0.383 e. The first-order valence-electron chi connectivity index (χ1n) is 10.9. The van der Waals surface area contributed by atoms with E-state index in [0.717, 1.165) is 31.2 Å². The second kappa shape index (κ2) is 9.16. The fourth-order valence-electron chi connectivity index (χ4n) is 4.13. The average Bonchev–Trinajstić information content (AvgIpc) is 3.20. The van der Waals surface area contributed by atoms with Gasteiger partial charge in [0.25, 0.3) is 11.5 Å². The van der Waals surface area contributed by atoms with E-state index in [1.54, 1.807) is 0 Å². The molecule has 3 N–H and O–H groups in total. The number of nitrogens with two attached hydrogens (primary N) is 1. The summed E-state index contributed by atoms with van der Waals surface area (Å²) < 4.78 is 1.31. The number of rotatable bonds is 6. The number of benzene rings is 1. The van der Waals surface area contributed by atoms with Crippen LogP contribution in [0.1, 0.15) is 52.4 Å². The van der Waals surface area contributed by atoms with Gasteiger partial charge in [-0.05, 0) is 48.8 Å². The molecule has 2 heterocycles. The number of hydrogen-bond acceptors (Lipinski definition) is 5. The zero-order chi connectivity index (χ0) is 22.8. The van der Waals surface area contributed by atoms with Crippen molar-refractivity contribution >= 4 is 28.7 Å². The van der Waals surface area contributed by atoms with Gasteiger partial charge in [-0.15, -0.1) is 11.3 Å². The molecule has 0 saturated carbocycles. The van der Waals surface area contributed by atoms with Crippen molar-refractivity contribution in [1.82, 2.24) is 9.55 Å². The minimum atomic E-state index is -0.646. The predicted octanol–water partition coefficient (Wildman–Crippen LogP) is 3.41. The summed E-state index contributed by atoms with van der Waals surface area (Å²) in [6.07, 6.45) is 4.23.